The summed E-state index contributed by atoms with van der Waals surface area (Å²) in [7, 11) is 0. The maximum absolute atomic E-state index is 5.79. The summed E-state index contributed by atoms with van der Waals surface area (Å²) in [6.45, 7) is 4.06. The molecule has 0 spiro atoms. The van der Waals surface area contributed by atoms with Crippen LogP contribution in [0.3, 0.4) is 0 Å². The lowest BCUT2D eigenvalue weighted by atomic mass is 10.1. The fraction of sp³-hybridized carbons (Fsp3) is 0.278. The van der Waals surface area contributed by atoms with E-state index in [1.807, 2.05) is 42.5 Å². The number of halogens is 1. The van der Waals surface area contributed by atoms with Crippen molar-refractivity contribution in [1.29, 1.82) is 0 Å². The largest absolute Gasteiger partial charge is 0.489 e. The Balaban J connectivity index is 0.00000264. The van der Waals surface area contributed by atoms with E-state index < -0.39 is 0 Å². The maximum Gasteiger partial charge on any atom is 0.188 e. The van der Waals surface area contributed by atoms with Crippen molar-refractivity contribution in [3.05, 3.63) is 65.7 Å². The third kappa shape index (κ3) is 7.36. The number of nitrogens with zero attached hydrogens (tertiary/aromatic N) is 1. The van der Waals surface area contributed by atoms with E-state index in [0.717, 1.165) is 29.8 Å². The SMILES string of the molecule is CCCNC(N)=NCc1cccc(COc2ccccc2)c1.I. The van der Waals surface area contributed by atoms with Crippen molar-refractivity contribution < 1.29 is 4.74 Å². The number of ether oxygens (including phenoxy) is 1. The highest BCUT2D eigenvalue weighted by molar-refractivity contribution is 14.0. The van der Waals surface area contributed by atoms with Crippen molar-refractivity contribution in [3.63, 3.8) is 0 Å². The number of aliphatic imine (C=N–C) groups is 1. The maximum atomic E-state index is 5.79. The Morgan fingerprint density at radius 2 is 1.83 bits per heavy atom. The molecule has 124 valence electrons. The first-order chi connectivity index (χ1) is 10.8. The third-order valence-electron chi connectivity index (χ3n) is 3.13. The second kappa shape index (κ2) is 10.9. The Hall–Kier alpha value is -1.76. The van der Waals surface area contributed by atoms with E-state index in [0.29, 0.717) is 19.1 Å². The molecule has 2 rings (SSSR count). The van der Waals surface area contributed by atoms with E-state index >= 15 is 0 Å². The molecular weight excluding hydrogens is 401 g/mol. The van der Waals surface area contributed by atoms with Crippen LogP contribution in [0, 0.1) is 0 Å². The van der Waals surface area contributed by atoms with Gasteiger partial charge in [-0.25, -0.2) is 4.99 Å². The topological polar surface area (TPSA) is 59.6 Å². The third-order valence-corrected chi connectivity index (χ3v) is 3.13. The van der Waals surface area contributed by atoms with Crippen LogP contribution in [-0.2, 0) is 13.2 Å². The van der Waals surface area contributed by atoms with E-state index in [-0.39, 0.29) is 24.0 Å². The minimum absolute atomic E-state index is 0. The van der Waals surface area contributed by atoms with Crippen molar-refractivity contribution in [2.75, 3.05) is 6.54 Å². The van der Waals surface area contributed by atoms with Crippen LogP contribution < -0.4 is 15.8 Å². The predicted molar refractivity (Wildman–Crippen MR) is 106 cm³/mol. The summed E-state index contributed by atoms with van der Waals surface area (Å²) in [6.07, 6.45) is 1.03. The quantitative estimate of drug-likeness (QED) is 0.404. The van der Waals surface area contributed by atoms with Gasteiger partial charge in [0.15, 0.2) is 5.96 Å². The van der Waals surface area contributed by atoms with E-state index in [1.165, 1.54) is 0 Å². The van der Waals surface area contributed by atoms with Gasteiger partial charge in [0.25, 0.3) is 0 Å². The molecule has 0 heterocycles. The number of para-hydroxylation sites is 1. The van der Waals surface area contributed by atoms with E-state index in [1.54, 1.807) is 0 Å². The zero-order chi connectivity index (χ0) is 15.6. The van der Waals surface area contributed by atoms with Crippen LogP contribution in [0.2, 0.25) is 0 Å². The highest BCUT2D eigenvalue weighted by Crippen LogP contribution is 2.13. The van der Waals surface area contributed by atoms with Crippen LogP contribution >= 0.6 is 24.0 Å². The number of nitrogens with one attached hydrogen (secondary N) is 1. The molecule has 0 aliphatic carbocycles. The summed E-state index contributed by atoms with van der Waals surface area (Å²) in [6, 6.07) is 18.0. The van der Waals surface area contributed by atoms with Crippen LogP contribution in [0.1, 0.15) is 24.5 Å². The standard InChI is InChI=1S/C18H23N3O.HI/c1-2-11-20-18(19)21-13-15-7-6-8-16(12-15)14-22-17-9-4-3-5-10-17;/h3-10,12H,2,11,13-14H2,1H3,(H3,19,20,21);1H. The summed E-state index contributed by atoms with van der Waals surface area (Å²) in [5, 5.41) is 3.07. The predicted octanol–water partition coefficient (Wildman–Crippen LogP) is 3.70. The van der Waals surface area contributed by atoms with Gasteiger partial charge < -0.3 is 15.8 Å². The zero-order valence-corrected chi connectivity index (χ0v) is 15.7. The second-order valence-electron chi connectivity index (χ2n) is 5.05. The van der Waals surface area contributed by atoms with Gasteiger partial charge in [0.05, 0.1) is 6.54 Å². The molecule has 5 heteroatoms. The van der Waals surface area contributed by atoms with Crippen molar-refractivity contribution in [2.24, 2.45) is 10.7 Å². The molecule has 0 aromatic heterocycles. The van der Waals surface area contributed by atoms with Crippen molar-refractivity contribution in [2.45, 2.75) is 26.5 Å². The fourth-order valence-corrected chi connectivity index (χ4v) is 1.99. The highest BCUT2D eigenvalue weighted by Gasteiger charge is 1.98. The van der Waals surface area contributed by atoms with Gasteiger partial charge >= 0.3 is 0 Å². The van der Waals surface area contributed by atoms with Crippen molar-refractivity contribution in [3.8, 4) is 5.75 Å². The van der Waals surface area contributed by atoms with Gasteiger partial charge in [0, 0.05) is 6.54 Å². The van der Waals surface area contributed by atoms with E-state index in [2.05, 4.69) is 29.4 Å². The minimum Gasteiger partial charge on any atom is -0.489 e. The lowest BCUT2D eigenvalue weighted by molar-refractivity contribution is 0.306. The Morgan fingerprint density at radius 3 is 2.57 bits per heavy atom. The Bertz CT molecular complexity index is 602. The Labute approximate surface area is 155 Å². The average molecular weight is 425 g/mol. The Morgan fingerprint density at radius 1 is 1.09 bits per heavy atom. The van der Waals surface area contributed by atoms with Gasteiger partial charge in [-0.05, 0) is 29.7 Å². The summed E-state index contributed by atoms with van der Waals surface area (Å²) in [5.41, 5.74) is 8.04. The summed E-state index contributed by atoms with van der Waals surface area (Å²) in [4.78, 5) is 4.33. The zero-order valence-electron chi connectivity index (χ0n) is 13.4. The van der Waals surface area contributed by atoms with Crippen LogP contribution in [0.15, 0.2) is 59.6 Å². The molecule has 0 saturated heterocycles. The molecule has 2 aromatic carbocycles. The van der Waals surface area contributed by atoms with Gasteiger partial charge in [0.2, 0.25) is 0 Å². The normalized spacial score (nSPS) is 10.7. The molecule has 0 aliphatic rings. The number of nitrogens with two attached hydrogens (primary N) is 1. The number of rotatable bonds is 7. The number of benzene rings is 2. The summed E-state index contributed by atoms with van der Waals surface area (Å²) >= 11 is 0. The molecule has 0 radical (unpaired) electrons. The highest BCUT2D eigenvalue weighted by atomic mass is 127. The fourth-order valence-electron chi connectivity index (χ4n) is 1.99. The molecule has 2 aromatic rings. The van der Waals surface area contributed by atoms with Crippen LogP contribution in [-0.4, -0.2) is 12.5 Å². The van der Waals surface area contributed by atoms with Crippen molar-refractivity contribution in [1.82, 2.24) is 5.32 Å². The lowest BCUT2D eigenvalue weighted by Crippen LogP contribution is -2.32. The molecule has 0 unspecified atom stereocenters. The average Bonchev–Trinajstić information content (AvgIpc) is 2.57. The Kier molecular flexibility index (Phi) is 9.12. The molecule has 0 aliphatic heterocycles. The van der Waals surface area contributed by atoms with E-state index in [9.17, 15) is 0 Å². The molecule has 3 N–H and O–H groups in total. The van der Waals surface area contributed by atoms with Gasteiger partial charge in [-0.2, -0.15) is 0 Å². The first kappa shape index (κ1) is 19.3. The van der Waals surface area contributed by atoms with Gasteiger partial charge in [-0.15, -0.1) is 24.0 Å². The molecule has 0 bridgehead atoms. The van der Waals surface area contributed by atoms with Gasteiger partial charge in [-0.3, -0.25) is 0 Å². The number of hydrogen-bond donors (Lipinski definition) is 2. The van der Waals surface area contributed by atoms with E-state index in [4.69, 9.17) is 10.5 Å². The molecule has 0 fully saturated rings. The molecule has 0 amide bonds. The first-order valence-electron chi connectivity index (χ1n) is 7.57. The summed E-state index contributed by atoms with van der Waals surface area (Å²) in [5.74, 6) is 1.37. The van der Waals surface area contributed by atoms with Gasteiger partial charge in [-0.1, -0.05) is 49.4 Å². The molecule has 23 heavy (non-hydrogen) atoms. The van der Waals surface area contributed by atoms with Gasteiger partial charge in [0.1, 0.15) is 12.4 Å². The molecule has 4 nitrogen and oxygen atoms in total. The van der Waals surface area contributed by atoms with Crippen LogP contribution in [0.5, 0.6) is 5.75 Å². The number of guanidine groups is 1. The molecule has 0 saturated carbocycles. The van der Waals surface area contributed by atoms with Crippen LogP contribution in [0.4, 0.5) is 0 Å². The molecule has 0 atom stereocenters. The second-order valence-corrected chi connectivity index (χ2v) is 5.05. The van der Waals surface area contributed by atoms with Crippen LogP contribution in [0.25, 0.3) is 0 Å². The monoisotopic (exact) mass is 425 g/mol. The molecular formula is C18H24IN3O. The summed E-state index contributed by atoms with van der Waals surface area (Å²) < 4.78 is 5.75. The number of hydrogen-bond acceptors (Lipinski definition) is 2. The lowest BCUT2D eigenvalue weighted by Gasteiger charge is -2.07. The smallest absolute Gasteiger partial charge is 0.188 e. The first-order valence-corrected chi connectivity index (χ1v) is 7.57. The minimum atomic E-state index is 0. The van der Waals surface area contributed by atoms with Crippen molar-refractivity contribution >= 4 is 29.9 Å².